The first-order chi connectivity index (χ1) is 13.8. The van der Waals surface area contributed by atoms with Crippen molar-refractivity contribution in [3.63, 3.8) is 0 Å². The van der Waals surface area contributed by atoms with Crippen molar-refractivity contribution >= 4 is 10.9 Å². The number of rotatable bonds is 4. The van der Waals surface area contributed by atoms with Crippen molar-refractivity contribution in [1.29, 1.82) is 0 Å². The van der Waals surface area contributed by atoms with Gasteiger partial charge < -0.3 is 4.57 Å². The molecule has 28 heavy (non-hydrogen) atoms. The summed E-state index contributed by atoms with van der Waals surface area (Å²) in [6.07, 6.45) is 2.15. The van der Waals surface area contributed by atoms with E-state index in [0.717, 1.165) is 69.7 Å². The molecule has 3 aromatic rings. The van der Waals surface area contributed by atoms with Gasteiger partial charge in [-0.05, 0) is 35.4 Å². The molecule has 1 aromatic heterocycles. The van der Waals surface area contributed by atoms with Gasteiger partial charge in [-0.25, -0.2) is 0 Å². The highest BCUT2D eigenvalue weighted by Gasteiger charge is 2.20. The third kappa shape index (κ3) is 3.38. The molecule has 0 bridgehead atoms. The maximum Gasteiger partial charge on any atom is 0.255 e. The summed E-state index contributed by atoms with van der Waals surface area (Å²) in [6, 6.07) is 19.3. The third-order valence-electron chi connectivity index (χ3n) is 6.21. The number of aryl methyl sites for hydroxylation is 2. The Labute approximate surface area is 166 Å². The lowest BCUT2D eigenvalue weighted by atomic mass is 10.00. The highest BCUT2D eigenvalue weighted by molar-refractivity contribution is 5.83. The van der Waals surface area contributed by atoms with Crippen LogP contribution in [0.1, 0.15) is 23.1 Å². The molecule has 144 valence electrons. The second-order valence-electron chi connectivity index (χ2n) is 8.12. The molecule has 0 unspecified atom stereocenters. The molecule has 4 nitrogen and oxygen atoms in total. The molecule has 3 heterocycles. The lowest BCUT2D eigenvalue weighted by molar-refractivity contribution is 0.121. The van der Waals surface area contributed by atoms with Gasteiger partial charge in [-0.15, -0.1) is 0 Å². The zero-order valence-corrected chi connectivity index (χ0v) is 16.3. The molecule has 2 aliphatic heterocycles. The van der Waals surface area contributed by atoms with Gasteiger partial charge in [0.2, 0.25) is 0 Å². The molecule has 2 aliphatic rings. The second kappa shape index (κ2) is 7.53. The van der Waals surface area contributed by atoms with Crippen LogP contribution >= 0.6 is 0 Å². The average molecular weight is 374 g/mol. The topological polar surface area (TPSA) is 28.5 Å². The fourth-order valence-electron chi connectivity index (χ4n) is 4.73. The molecule has 5 rings (SSSR count). The summed E-state index contributed by atoms with van der Waals surface area (Å²) in [6.45, 7) is 6.78. The normalized spacial score (nSPS) is 17.9. The molecule has 0 amide bonds. The van der Waals surface area contributed by atoms with Crippen molar-refractivity contribution < 1.29 is 0 Å². The number of benzene rings is 2. The highest BCUT2D eigenvalue weighted by Crippen LogP contribution is 2.24. The third-order valence-corrected chi connectivity index (χ3v) is 6.21. The van der Waals surface area contributed by atoms with E-state index in [9.17, 15) is 4.79 Å². The number of aromatic nitrogens is 1. The van der Waals surface area contributed by atoms with E-state index >= 15 is 0 Å². The molecule has 0 saturated carbocycles. The lowest BCUT2D eigenvalue weighted by Crippen LogP contribution is -2.46. The summed E-state index contributed by atoms with van der Waals surface area (Å²) in [4.78, 5) is 18.0. The summed E-state index contributed by atoms with van der Waals surface area (Å²) >= 11 is 0. The highest BCUT2D eigenvalue weighted by atomic mass is 16.1. The first-order valence-corrected chi connectivity index (χ1v) is 10.4. The summed E-state index contributed by atoms with van der Waals surface area (Å²) < 4.78 is 2.02. The van der Waals surface area contributed by atoms with Gasteiger partial charge >= 0.3 is 0 Å². The number of pyridine rings is 1. The van der Waals surface area contributed by atoms with E-state index in [-0.39, 0.29) is 5.56 Å². The Morgan fingerprint density at radius 2 is 1.54 bits per heavy atom. The number of nitrogens with zero attached hydrogens (tertiary/aromatic N) is 3. The maximum absolute atomic E-state index is 13.1. The SMILES string of the molecule is O=c1c(CN2CCN(Cc3ccccc3)CC2)cc2cccc3c2n1CCC3. The van der Waals surface area contributed by atoms with E-state index < -0.39 is 0 Å². The lowest BCUT2D eigenvalue weighted by Gasteiger charge is -2.34. The molecule has 2 aromatic carbocycles. The van der Waals surface area contributed by atoms with Gasteiger partial charge in [-0.2, -0.15) is 0 Å². The molecular formula is C24H27N3O. The number of piperazine rings is 1. The Bertz CT molecular complexity index is 1030. The van der Waals surface area contributed by atoms with Gasteiger partial charge in [-0.1, -0.05) is 48.5 Å². The van der Waals surface area contributed by atoms with Crippen LogP contribution in [0.4, 0.5) is 0 Å². The van der Waals surface area contributed by atoms with Crippen LogP contribution in [0.15, 0.2) is 59.4 Å². The van der Waals surface area contributed by atoms with Crippen molar-refractivity contribution in [2.45, 2.75) is 32.5 Å². The van der Waals surface area contributed by atoms with Crippen molar-refractivity contribution in [3.8, 4) is 0 Å². The fourth-order valence-corrected chi connectivity index (χ4v) is 4.73. The average Bonchev–Trinajstić information content (AvgIpc) is 2.74. The van der Waals surface area contributed by atoms with E-state index in [1.165, 1.54) is 16.5 Å². The van der Waals surface area contributed by atoms with E-state index in [2.05, 4.69) is 64.4 Å². The Morgan fingerprint density at radius 1 is 0.786 bits per heavy atom. The zero-order chi connectivity index (χ0) is 18.9. The van der Waals surface area contributed by atoms with Gasteiger partial charge in [0.25, 0.3) is 5.56 Å². The smallest absolute Gasteiger partial charge is 0.255 e. The van der Waals surface area contributed by atoms with Gasteiger partial charge in [0.1, 0.15) is 0 Å². The summed E-state index contributed by atoms with van der Waals surface area (Å²) in [5.74, 6) is 0. The molecule has 0 N–H and O–H groups in total. The van der Waals surface area contributed by atoms with E-state index in [1.807, 2.05) is 4.57 Å². The second-order valence-corrected chi connectivity index (χ2v) is 8.12. The minimum absolute atomic E-state index is 0.214. The predicted molar refractivity (Wildman–Crippen MR) is 114 cm³/mol. The minimum Gasteiger partial charge on any atom is -0.308 e. The summed E-state index contributed by atoms with van der Waals surface area (Å²) in [7, 11) is 0. The standard InChI is InChI=1S/C24H27N3O/c28-24-22(16-21-9-4-8-20-10-5-11-27(24)23(20)21)18-26-14-12-25(13-15-26)17-19-6-2-1-3-7-19/h1-4,6-9,16H,5,10-15,17-18H2. The van der Waals surface area contributed by atoms with Crippen LogP contribution in [0.25, 0.3) is 10.9 Å². The van der Waals surface area contributed by atoms with Crippen molar-refractivity contribution in [1.82, 2.24) is 14.4 Å². The van der Waals surface area contributed by atoms with Crippen LogP contribution in [0.2, 0.25) is 0 Å². The molecule has 0 spiro atoms. The minimum atomic E-state index is 0.214. The number of hydrogen-bond acceptors (Lipinski definition) is 3. The molecule has 1 saturated heterocycles. The molecule has 1 fully saturated rings. The van der Waals surface area contributed by atoms with Gasteiger partial charge in [0.15, 0.2) is 0 Å². The largest absolute Gasteiger partial charge is 0.308 e. The Hall–Kier alpha value is -2.43. The molecule has 0 aliphatic carbocycles. The van der Waals surface area contributed by atoms with E-state index in [0.29, 0.717) is 0 Å². The molecular weight excluding hydrogens is 346 g/mol. The van der Waals surface area contributed by atoms with Crippen molar-refractivity contribution in [2.75, 3.05) is 26.2 Å². The van der Waals surface area contributed by atoms with Crippen molar-refractivity contribution in [2.24, 2.45) is 0 Å². The van der Waals surface area contributed by atoms with Gasteiger partial charge in [-0.3, -0.25) is 14.6 Å². The predicted octanol–water partition coefficient (Wildman–Crippen LogP) is 3.27. The first kappa shape index (κ1) is 17.7. The van der Waals surface area contributed by atoms with Crippen LogP contribution in [-0.2, 0) is 26.1 Å². The summed E-state index contributed by atoms with van der Waals surface area (Å²) in [5.41, 5.74) is 5.02. The zero-order valence-electron chi connectivity index (χ0n) is 16.3. The van der Waals surface area contributed by atoms with Gasteiger partial charge in [0.05, 0.1) is 5.52 Å². The Kier molecular flexibility index (Phi) is 4.75. The van der Waals surface area contributed by atoms with E-state index in [1.54, 1.807) is 0 Å². The molecule has 4 heteroatoms. The Balaban J connectivity index is 1.30. The Morgan fingerprint density at radius 3 is 2.32 bits per heavy atom. The maximum atomic E-state index is 13.1. The van der Waals surface area contributed by atoms with Crippen LogP contribution in [-0.4, -0.2) is 40.5 Å². The fraction of sp³-hybridized carbons (Fsp3) is 0.375. The van der Waals surface area contributed by atoms with Crippen LogP contribution in [0.5, 0.6) is 0 Å². The number of para-hydroxylation sites is 1. The van der Waals surface area contributed by atoms with Crippen LogP contribution < -0.4 is 5.56 Å². The summed E-state index contributed by atoms with van der Waals surface area (Å²) in [5, 5.41) is 1.22. The molecule has 0 atom stereocenters. The quantitative estimate of drug-likeness (QED) is 0.703. The number of hydrogen-bond donors (Lipinski definition) is 0. The monoisotopic (exact) mass is 373 g/mol. The van der Waals surface area contributed by atoms with E-state index in [4.69, 9.17) is 0 Å². The first-order valence-electron chi connectivity index (χ1n) is 10.4. The van der Waals surface area contributed by atoms with Gasteiger partial charge in [0, 0.05) is 51.4 Å². The van der Waals surface area contributed by atoms with Crippen LogP contribution in [0, 0.1) is 0 Å². The molecule has 0 radical (unpaired) electrons. The van der Waals surface area contributed by atoms with Crippen molar-refractivity contribution in [3.05, 3.63) is 81.6 Å². The van der Waals surface area contributed by atoms with Crippen LogP contribution in [0.3, 0.4) is 0 Å².